The van der Waals surface area contributed by atoms with Gasteiger partial charge in [-0.25, -0.2) is 4.99 Å². The van der Waals surface area contributed by atoms with Gasteiger partial charge >= 0.3 is 0 Å². The highest BCUT2D eigenvalue weighted by Crippen LogP contribution is 2.14. The van der Waals surface area contributed by atoms with Gasteiger partial charge in [-0.15, -0.1) is 4.40 Å². The number of benzene rings is 2. The topological polar surface area (TPSA) is 84.9 Å². The van der Waals surface area contributed by atoms with E-state index in [0.717, 1.165) is 0 Å². The highest BCUT2D eigenvalue weighted by molar-refractivity contribution is 8.13. The Hall–Kier alpha value is -2.12. The number of nitrogens with zero attached hydrogens (tertiary/aromatic N) is 2. The van der Waals surface area contributed by atoms with Crippen LogP contribution >= 0.6 is 11.8 Å². The van der Waals surface area contributed by atoms with Crippen LogP contribution in [0.4, 0.5) is 0 Å². The first-order chi connectivity index (χ1) is 10.5. The van der Waals surface area contributed by atoms with Gasteiger partial charge in [-0.2, -0.15) is 8.42 Å². The molecule has 0 amide bonds. The van der Waals surface area contributed by atoms with Crippen molar-refractivity contribution in [1.82, 2.24) is 0 Å². The van der Waals surface area contributed by atoms with E-state index in [0.29, 0.717) is 5.56 Å². The third-order valence-electron chi connectivity index (χ3n) is 2.70. The molecule has 2 aromatic rings. The van der Waals surface area contributed by atoms with Gasteiger partial charge in [0.15, 0.2) is 11.0 Å². The van der Waals surface area contributed by atoms with Crippen molar-refractivity contribution in [3.63, 3.8) is 0 Å². The predicted octanol–water partition coefficient (Wildman–Crippen LogP) is 2.50. The molecule has 5 nitrogen and oxygen atoms in total. The first-order valence-electron chi connectivity index (χ1n) is 6.36. The molecule has 0 aromatic heterocycles. The first-order valence-corrected chi connectivity index (χ1v) is 9.03. The SMILES string of the molecule is CSC(N)=NC(=NS(=O)(=O)c1ccccc1)c1ccccc1. The normalized spacial score (nSPS) is 13.1. The largest absolute Gasteiger partial charge is 0.378 e. The summed E-state index contributed by atoms with van der Waals surface area (Å²) in [4.78, 5) is 4.22. The lowest BCUT2D eigenvalue weighted by molar-refractivity contribution is 0.598. The second-order valence-electron chi connectivity index (χ2n) is 4.22. The molecule has 2 aromatic carbocycles. The molecule has 7 heteroatoms. The molecule has 0 saturated heterocycles. The molecule has 0 spiro atoms. The summed E-state index contributed by atoms with van der Waals surface area (Å²) >= 11 is 1.22. The molecule has 0 saturated carbocycles. The maximum atomic E-state index is 12.4. The van der Waals surface area contributed by atoms with Gasteiger partial charge in [0.25, 0.3) is 10.0 Å². The van der Waals surface area contributed by atoms with Gasteiger partial charge in [0.2, 0.25) is 0 Å². The van der Waals surface area contributed by atoms with E-state index in [2.05, 4.69) is 9.39 Å². The number of hydrogen-bond donors (Lipinski definition) is 1. The molecule has 22 heavy (non-hydrogen) atoms. The molecule has 0 atom stereocenters. The van der Waals surface area contributed by atoms with Crippen LogP contribution in [0.5, 0.6) is 0 Å². The molecule has 2 rings (SSSR count). The van der Waals surface area contributed by atoms with Crippen LogP contribution < -0.4 is 5.73 Å². The van der Waals surface area contributed by atoms with Gasteiger partial charge in [0, 0.05) is 5.56 Å². The Kier molecular flexibility index (Phi) is 5.35. The Morgan fingerprint density at radius 1 is 1.00 bits per heavy atom. The molecule has 2 N–H and O–H groups in total. The van der Waals surface area contributed by atoms with E-state index in [1.54, 1.807) is 48.7 Å². The Morgan fingerprint density at radius 2 is 1.55 bits per heavy atom. The monoisotopic (exact) mass is 333 g/mol. The lowest BCUT2D eigenvalue weighted by Gasteiger charge is -2.04. The molecule has 0 aliphatic carbocycles. The number of aliphatic imine (C=N–C) groups is 1. The second kappa shape index (κ2) is 7.24. The third kappa shape index (κ3) is 4.19. The van der Waals surface area contributed by atoms with Crippen LogP contribution in [0.25, 0.3) is 0 Å². The molecule has 0 bridgehead atoms. The van der Waals surface area contributed by atoms with Gasteiger partial charge in [-0.1, -0.05) is 60.3 Å². The van der Waals surface area contributed by atoms with E-state index in [-0.39, 0.29) is 15.9 Å². The molecule has 0 fully saturated rings. The van der Waals surface area contributed by atoms with Crippen LogP contribution in [0.3, 0.4) is 0 Å². The van der Waals surface area contributed by atoms with E-state index in [4.69, 9.17) is 5.73 Å². The number of hydrogen-bond acceptors (Lipinski definition) is 3. The maximum Gasteiger partial charge on any atom is 0.284 e. The minimum Gasteiger partial charge on any atom is -0.378 e. The van der Waals surface area contributed by atoms with Crippen molar-refractivity contribution >= 4 is 32.8 Å². The van der Waals surface area contributed by atoms with Crippen molar-refractivity contribution in [2.45, 2.75) is 4.90 Å². The molecular weight excluding hydrogens is 318 g/mol. The highest BCUT2D eigenvalue weighted by Gasteiger charge is 2.15. The molecule has 0 aliphatic rings. The van der Waals surface area contributed by atoms with Crippen molar-refractivity contribution in [2.75, 3.05) is 6.26 Å². The number of thioether (sulfide) groups is 1. The van der Waals surface area contributed by atoms with Crippen LogP contribution in [0, 0.1) is 0 Å². The van der Waals surface area contributed by atoms with Gasteiger partial charge in [-0.3, -0.25) is 0 Å². The Morgan fingerprint density at radius 3 is 2.09 bits per heavy atom. The van der Waals surface area contributed by atoms with Crippen LogP contribution in [-0.4, -0.2) is 25.7 Å². The second-order valence-corrected chi connectivity index (χ2v) is 6.65. The van der Waals surface area contributed by atoms with Gasteiger partial charge in [0.1, 0.15) is 0 Å². The summed E-state index contributed by atoms with van der Waals surface area (Å²) in [7, 11) is -3.85. The quantitative estimate of drug-likeness (QED) is 0.691. The number of amidine groups is 2. The summed E-state index contributed by atoms with van der Waals surface area (Å²) in [6, 6.07) is 16.9. The summed E-state index contributed by atoms with van der Waals surface area (Å²) in [6.07, 6.45) is 1.76. The van der Waals surface area contributed by atoms with E-state index in [9.17, 15) is 8.42 Å². The lowest BCUT2D eigenvalue weighted by Crippen LogP contribution is -2.12. The van der Waals surface area contributed by atoms with Gasteiger partial charge in [0.05, 0.1) is 4.90 Å². The van der Waals surface area contributed by atoms with Crippen LogP contribution in [-0.2, 0) is 10.0 Å². The van der Waals surface area contributed by atoms with Crippen molar-refractivity contribution in [1.29, 1.82) is 0 Å². The van der Waals surface area contributed by atoms with Crippen molar-refractivity contribution in [3.8, 4) is 0 Å². The fourth-order valence-electron chi connectivity index (χ4n) is 1.63. The summed E-state index contributed by atoms with van der Waals surface area (Å²) in [5.41, 5.74) is 6.29. The number of sulfonamides is 1. The fourth-order valence-corrected chi connectivity index (χ4v) is 2.79. The zero-order valence-corrected chi connectivity index (χ0v) is 13.5. The zero-order chi connectivity index (χ0) is 16.0. The van der Waals surface area contributed by atoms with Crippen molar-refractivity contribution in [3.05, 3.63) is 66.2 Å². The molecule has 0 aliphatic heterocycles. The molecule has 0 unspecified atom stereocenters. The van der Waals surface area contributed by atoms with Gasteiger partial charge in [-0.05, 0) is 18.4 Å². The van der Waals surface area contributed by atoms with Gasteiger partial charge < -0.3 is 5.73 Å². The molecule has 0 radical (unpaired) electrons. The van der Waals surface area contributed by atoms with Crippen molar-refractivity contribution in [2.24, 2.45) is 15.1 Å². The van der Waals surface area contributed by atoms with Crippen LogP contribution in [0.15, 0.2) is 74.9 Å². The van der Waals surface area contributed by atoms with E-state index in [1.807, 2.05) is 6.07 Å². The lowest BCUT2D eigenvalue weighted by atomic mass is 10.2. The third-order valence-corrected chi connectivity index (χ3v) is 4.50. The average Bonchev–Trinajstić information content (AvgIpc) is 2.55. The minimum absolute atomic E-state index is 0.0660. The minimum atomic E-state index is -3.85. The maximum absolute atomic E-state index is 12.4. The standard InChI is InChI=1S/C15H15N3O2S2/c1-21-15(16)17-14(12-8-4-2-5-9-12)18-22(19,20)13-10-6-3-7-11-13/h2-11H,1H3,(H2,16,17,18). The molecular formula is C15H15N3O2S2. The average molecular weight is 333 g/mol. The predicted molar refractivity (Wildman–Crippen MR) is 91.7 cm³/mol. The summed E-state index contributed by atoms with van der Waals surface area (Å²) in [5.74, 6) is 0.0660. The Bertz CT molecular complexity index is 786. The van der Waals surface area contributed by atoms with E-state index in [1.165, 1.54) is 23.9 Å². The number of nitrogens with two attached hydrogens (primary N) is 1. The molecule has 114 valence electrons. The van der Waals surface area contributed by atoms with Crippen molar-refractivity contribution < 1.29 is 8.42 Å². The van der Waals surface area contributed by atoms with Crippen LogP contribution in [0.2, 0.25) is 0 Å². The smallest absolute Gasteiger partial charge is 0.284 e. The van der Waals surface area contributed by atoms with Crippen LogP contribution in [0.1, 0.15) is 5.56 Å². The summed E-state index contributed by atoms with van der Waals surface area (Å²) in [5, 5.41) is 0.242. The zero-order valence-electron chi connectivity index (χ0n) is 11.9. The fraction of sp³-hybridized carbons (Fsp3) is 0.0667. The first kappa shape index (κ1) is 16.3. The highest BCUT2D eigenvalue weighted by atomic mass is 32.2. The summed E-state index contributed by atoms with van der Waals surface area (Å²) in [6.45, 7) is 0. The molecule has 0 heterocycles. The summed E-state index contributed by atoms with van der Waals surface area (Å²) < 4.78 is 28.6. The Balaban J connectivity index is 2.54. The van der Waals surface area contributed by atoms with E-state index >= 15 is 0 Å². The van der Waals surface area contributed by atoms with E-state index < -0.39 is 10.0 Å². The number of rotatable bonds is 3. The Labute approximate surface area is 134 Å².